The van der Waals surface area contributed by atoms with Crippen LogP contribution < -0.4 is 19.1 Å². The zero-order valence-corrected chi connectivity index (χ0v) is 16.3. The van der Waals surface area contributed by atoms with Crippen molar-refractivity contribution >= 4 is 21.6 Å². The lowest BCUT2D eigenvalue weighted by atomic mass is 10.1. The van der Waals surface area contributed by atoms with Gasteiger partial charge in [0.1, 0.15) is 0 Å². The number of hydrogen-bond acceptors (Lipinski definition) is 5. The Hall–Kier alpha value is -2.58. The van der Waals surface area contributed by atoms with Gasteiger partial charge in [0.25, 0.3) is 0 Å². The number of anilines is 1. The summed E-state index contributed by atoms with van der Waals surface area (Å²) < 4.78 is 38.0. The molecule has 0 saturated heterocycles. The fourth-order valence-corrected chi connectivity index (χ4v) is 4.03. The van der Waals surface area contributed by atoms with Crippen LogP contribution in [0.3, 0.4) is 0 Å². The number of benzene rings is 2. The Morgan fingerprint density at radius 2 is 1.74 bits per heavy atom. The molecule has 3 rings (SSSR count). The van der Waals surface area contributed by atoms with Gasteiger partial charge >= 0.3 is 0 Å². The first kappa shape index (κ1) is 19.2. The predicted molar refractivity (Wildman–Crippen MR) is 102 cm³/mol. The summed E-state index contributed by atoms with van der Waals surface area (Å²) in [5.41, 5.74) is 2.83. The first-order valence-electron chi connectivity index (χ1n) is 8.52. The van der Waals surface area contributed by atoms with Crippen LogP contribution in [0, 0.1) is 13.8 Å². The number of nitrogens with zero attached hydrogens (tertiary/aromatic N) is 1. The summed E-state index contributed by atoms with van der Waals surface area (Å²) in [7, 11) is -3.73. The van der Waals surface area contributed by atoms with Crippen LogP contribution in [0.1, 0.15) is 18.1 Å². The second-order valence-corrected chi connectivity index (χ2v) is 8.20. The monoisotopic (exact) mass is 390 g/mol. The van der Waals surface area contributed by atoms with Gasteiger partial charge < -0.3 is 14.4 Å². The maximum Gasteiger partial charge on any atom is 0.240 e. The molecule has 2 aromatic carbocycles. The third-order valence-corrected chi connectivity index (χ3v) is 5.64. The largest absolute Gasteiger partial charge is 0.454 e. The van der Waals surface area contributed by atoms with Crippen molar-refractivity contribution in [3.05, 3.63) is 47.5 Å². The minimum absolute atomic E-state index is 0.0791. The molecule has 1 amide bonds. The molecule has 0 spiro atoms. The number of carbonyl (C=O) groups excluding carboxylic acids is 1. The van der Waals surface area contributed by atoms with Gasteiger partial charge in [-0.15, -0.1) is 0 Å². The maximum absolute atomic E-state index is 12.5. The van der Waals surface area contributed by atoms with Gasteiger partial charge in [-0.1, -0.05) is 6.07 Å². The number of ether oxygens (including phenoxy) is 2. The van der Waals surface area contributed by atoms with Gasteiger partial charge in [0, 0.05) is 31.8 Å². The molecule has 144 valence electrons. The number of fused-ring (bicyclic) bond motifs is 1. The average molecular weight is 390 g/mol. The highest BCUT2D eigenvalue weighted by Gasteiger charge is 2.21. The van der Waals surface area contributed by atoms with Crippen molar-refractivity contribution in [1.29, 1.82) is 0 Å². The fourth-order valence-electron chi connectivity index (χ4n) is 2.99. The van der Waals surface area contributed by atoms with Gasteiger partial charge in [0.05, 0.1) is 4.90 Å². The molecule has 0 saturated carbocycles. The van der Waals surface area contributed by atoms with Crippen LogP contribution in [0.25, 0.3) is 0 Å². The maximum atomic E-state index is 12.5. The van der Waals surface area contributed by atoms with E-state index in [-0.39, 0.29) is 30.7 Å². The molecule has 1 heterocycles. The molecule has 27 heavy (non-hydrogen) atoms. The van der Waals surface area contributed by atoms with Crippen molar-refractivity contribution in [2.45, 2.75) is 25.7 Å². The first-order valence-corrected chi connectivity index (χ1v) is 10.0. The Bertz CT molecular complexity index is 952. The number of amides is 1. The zero-order chi connectivity index (χ0) is 19.6. The third-order valence-electron chi connectivity index (χ3n) is 4.18. The summed E-state index contributed by atoms with van der Waals surface area (Å²) >= 11 is 0. The fraction of sp³-hybridized carbons (Fsp3) is 0.316. The van der Waals surface area contributed by atoms with Crippen LogP contribution in [0.2, 0.25) is 0 Å². The van der Waals surface area contributed by atoms with E-state index in [1.807, 2.05) is 32.0 Å². The van der Waals surface area contributed by atoms with E-state index in [2.05, 4.69) is 4.72 Å². The number of hydrogen-bond donors (Lipinski definition) is 1. The van der Waals surface area contributed by atoms with Crippen LogP contribution in [-0.2, 0) is 14.8 Å². The SMILES string of the molecule is CC(=O)N(CCNS(=O)(=O)c1ccc2c(c1)OCO2)c1cc(C)cc(C)c1. The van der Waals surface area contributed by atoms with E-state index in [0.717, 1.165) is 16.8 Å². The molecule has 0 aliphatic carbocycles. The lowest BCUT2D eigenvalue weighted by Crippen LogP contribution is -2.37. The number of carbonyl (C=O) groups is 1. The Balaban J connectivity index is 1.70. The predicted octanol–water partition coefficient (Wildman–Crippen LogP) is 2.36. The number of sulfonamides is 1. The molecular weight excluding hydrogens is 368 g/mol. The van der Waals surface area contributed by atoms with Gasteiger partial charge in [-0.25, -0.2) is 13.1 Å². The van der Waals surface area contributed by atoms with E-state index < -0.39 is 10.0 Å². The molecule has 0 aromatic heterocycles. The molecule has 2 aromatic rings. The number of nitrogens with one attached hydrogen (secondary N) is 1. The highest BCUT2D eigenvalue weighted by Crippen LogP contribution is 2.33. The van der Waals surface area contributed by atoms with Gasteiger partial charge in [0.15, 0.2) is 11.5 Å². The first-order chi connectivity index (χ1) is 12.8. The van der Waals surface area contributed by atoms with Gasteiger partial charge in [0.2, 0.25) is 22.7 Å². The van der Waals surface area contributed by atoms with Crippen LogP contribution in [0.15, 0.2) is 41.3 Å². The lowest BCUT2D eigenvalue weighted by molar-refractivity contribution is -0.116. The van der Waals surface area contributed by atoms with Crippen LogP contribution >= 0.6 is 0 Å². The normalized spacial score (nSPS) is 12.9. The second kappa shape index (κ2) is 7.58. The molecule has 1 N–H and O–H groups in total. The van der Waals surface area contributed by atoms with Crippen molar-refractivity contribution in [3.8, 4) is 11.5 Å². The van der Waals surface area contributed by atoms with Crippen molar-refractivity contribution in [1.82, 2.24) is 4.72 Å². The van der Waals surface area contributed by atoms with Gasteiger partial charge in [-0.2, -0.15) is 0 Å². The quantitative estimate of drug-likeness (QED) is 0.819. The highest BCUT2D eigenvalue weighted by molar-refractivity contribution is 7.89. The lowest BCUT2D eigenvalue weighted by Gasteiger charge is -2.22. The summed E-state index contributed by atoms with van der Waals surface area (Å²) in [6.45, 7) is 5.76. The van der Waals surface area contributed by atoms with E-state index in [1.54, 1.807) is 11.0 Å². The molecule has 8 heteroatoms. The van der Waals surface area contributed by atoms with Gasteiger partial charge in [-0.05, 0) is 49.2 Å². The van der Waals surface area contributed by atoms with Crippen LogP contribution in [-0.4, -0.2) is 34.2 Å². The molecule has 1 aliphatic heterocycles. The topological polar surface area (TPSA) is 84.9 Å². The summed E-state index contributed by atoms with van der Waals surface area (Å²) in [5, 5.41) is 0. The summed E-state index contributed by atoms with van der Waals surface area (Å²) in [5.74, 6) is 0.771. The Labute approximate surface area is 158 Å². The summed E-state index contributed by atoms with van der Waals surface area (Å²) in [4.78, 5) is 13.7. The van der Waals surface area contributed by atoms with E-state index in [9.17, 15) is 13.2 Å². The molecular formula is C19H22N2O5S. The van der Waals surface area contributed by atoms with Crippen molar-refractivity contribution < 1.29 is 22.7 Å². The smallest absolute Gasteiger partial charge is 0.240 e. The Kier molecular flexibility index (Phi) is 5.38. The average Bonchev–Trinajstić information content (AvgIpc) is 3.05. The minimum Gasteiger partial charge on any atom is -0.454 e. The van der Waals surface area contributed by atoms with E-state index in [1.165, 1.54) is 19.1 Å². The molecule has 0 bridgehead atoms. The van der Waals surface area contributed by atoms with Crippen molar-refractivity contribution in [2.75, 3.05) is 24.8 Å². The van der Waals surface area contributed by atoms with E-state index in [0.29, 0.717) is 11.5 Å². The molecule has 0 radical (unpaired) electrons. The Morgan fingerprint density at radius 3 is 2.41 bits per heavy atom. The molecule has 0 atom stereocenters. The van der Waals surface area contributed by atoms with Crippen LogP contribution in [0.5, 0.6) is 11.5 Å². The van der Waals surface area contributed by atoms with Crippen molar-refractivity contribution in [3.63, 3.8) is 0 Å². The minimum atomic E-state index is -3.73. The molecule has 0 unspecified atom stereocenters. The second-order valence-electron chi connectivity index (χ2n) is 6.43. The summed E-state index contributed by atoms with van der Waals surface area (Å²) in [6, 6.07) is 10.3. The number of rotatable bonds is 6. The third kappa shape index (κ3) is 4.40. The zero-order valence-electron chi connectivity index (χ0n) is 15.5. The van der Waals surface area contributed by atoms with E-state index in [4.69, 9.17) is 9.47 Å². The Morgan fingerprint density at radius 1 is 1.07 bits per heavy atom. The molecule has 1 aliphatic rings. The van der Waals surface area contributed by atoms with E-state index >= 15 is 0 Å². The highest BCUT2D eigenvalue weighted by atomic mass is 32.2. The van der Waals surface area contributed by atoms with Crippen LogP contribution in [0.4, 0.5) is 5.69 Å². The molecule has 0 fully saturated rings. The molecule has 7 nitrogen and oxygen atoms in total. The standard InChI is InChI=1S/C19H22N2O5S/c1-13-8-14(2)10-16(9-13)21(15(3)22)7-6-20-27(23,24)17-4-5-18-19(11-17)26-12-25-18/h4-5,8-11,20H,6-7,12H2,1-3H3. The summed E-state index contributed by atoms with van der Waals surface area (Å²) in [6.07, 6.45) is 0. The van der Waals surface area contributed by atoms with Crippen molar-refractivity contribution in [2.24, 2.45) is 0 Å². The number of aryl methyl sites for hydroxylation is 2. The van der Waals surface area contributed by atoms with Gasteiger partial charge in [-0.3, -0.25) is 4.79 Å².